The van der Waals surface area contributed by atoms with Gasteiger partial charge in [-0.2, -0.15) is 5.26 Å². The van der Waals surface area contributed by atoms with Crippen molar-refractivity contribution >= 4 is 5.91 Å². The zero-order valence-corrected chi connectivity index (χ0v) is 22.1. The molecule has 1 amide bonds. The van der Waals surface area contributed by atoms with Crippen molar-refractivity contribution in [2.24, 2.45) is 0 Å². The van der Waals surface area contributed by atoms with Crippen LogP contribution >= 0.6 is 0 Å². The number of aliphatic hydroxyl groups is 1. The summed E-state index contributed by atoms with van der Waals surface area (Å²) < 4.78 is 27.5. The number of benzene rings is 2. The predicted molar refractivity (Wildman–Crippen MR) is 141 cm³/mol. The molecule has 0 aromatic heterocycles. The van der Waals surface area contributed by atoms with Crippen LogP contribution in [0.15, 0.2) is 54.1 Å². The van der Waals surface area contributed by atoms with Gasteiger partial charge in [-0.05, 0) is 66.3 Å². The van der Waals surface area contributed by atoms with E-state index in [-0.39, 0.29) is 24.3 Å². The lowest BCUT2D eigenvalue weighted by molar-refractivity contribution is -0.120. The summed E-state index contributed by atoms with van der Waals surface area (Å²) in [5.74, 6) is -1.74. The maximum Gasteiger partial charge on any atom is 0.217 e. The highest BCUT2D eigenvalue weighted by atomic mass is 19.1. The van der Waals surface area contributed by atoms with Gasteiger partial charge in [-0.25, -0.2) is 8.78 Å². The minimum absolute atomic E-state index is 0.0337. The van der Waals surface area contributed by atoms with E-state index in [4.69, 9.17) is 5.26 Å². The summed E-state index contributed by atoms with van der Waals surface area (Å²) in [7, 11) is 0. The third kappa shape index (κ3) is 7.70. The summed E-state index contributed by atoms with van der Waals surface area (Å²) in [6.07, 6.45) is 3.71. The molecule has 0 radical (unpaired) electrons. The Kier molecular flexibility index (Phi) is 9.22. The molecule has 5 nitrogen and oxygen atoms in total. The van der Waals surface area contributed by atoms with Crippen LogP contribution in [0.5, 0.6) is 0 Å². The monoisotopic (exact) mass is 509 g/mol. The van der Waals surface area contributed by atoms with E-state index in [2.05, 4.69) is 61.7 Å². The Morgan fingerprint density at radius 2 is 1.81 bits per heavy atom. The van der Waals surface area contributed by atoms with Crippen molar-refractivity contribution in [3.05, 3.63) is 82.4 Å². The standard InChI is InChI=1S/C30H37F2N3O2/c1-20(36)35-27(16-22-14-25(31)18-26(32)15-22)28(37)19-34-30(11-8-21(9-12-30)10-13-33)24-7-5-6-23(17-24)29(2,3)4/h5-7,10,14-15,17-18,27-28,34,37H,8-9,11-12,16,19H2,1-4H3,(H,35,36)/t27-,28+,30?/m0/s1. The number of hydrogen-bond donors (Lipinski definition) is 3. The third-order valence-electron chi connectivity index (χ3n) is 7.18. The van der Waals surface area contributed by atoms with Crippen molar-refractivity contribution in [3.63, 3.8) is 0 Å². The SMILES string of the molecule is CC(=O)N[C@@H](Cc1cc(F)cc(F)c1)[C@H](O)CNC1(c2cccc(C(C)(C)C)c2)CCC(=CC#N)CC1. The van der Waals surface area contributed by atoms with Gasteiger partial charge in [0.25, 0.3) is 0 Å². The first-order valence-electron chi connectivity index (χ1n) is 12.8. The van der Waals surface area contributed by atoms with Crippen LogP contribution in [-0.4, -0.2) is 29.7 Å². The molecule has 2 atom stereocenters. The molecular weight excluding hydrogens is 472 g/mol. The Hall–Kier alpha value is -3.08. The molecule has 0 saturated heterocycles. The Bertz CT molecular complexity index is 1150. The number of rotatable bonds is 8. The van der Waals surface area contributed by atoms with Crippen molar-refractivity contribution in [2.75, 3.05) is 6.54 Å². The Balaban J connectivity index is 1.86. The second-order valence-corrected chi connectivity index (χ2v) is 11.1. The quantitative estimate of drug-likeness (QED) is 0.428. The summed E-state index contributed by atoms with van der Waals surface area (Å²) in [4.78, 5) is 11.9. The molecule has 7 heteroatoms. The van der Waals surface area contributed by atoms with Gasteiger partial charge in [0.2, 0.25) is 5.91 Å². The van der Waals surface area contributed by atoms with Crippen LogP contribution in [0, 0.1) is 23.0 Å². The number of aliphatic hydroxyl groups excluding tert-OH is 1. The van der Waals surface area contributed by atoms with Crippen LogP contribution in [0.4, 0.5) is 8.78 Å². The molecule has 0 heterocycles. The minimum Gasteiger partial charge on any atom is -0.390 e. The van der Waals surface area contributed by atoms with Crippen LogP contribution in [-0.2, 0) is 22.2 Å². The van der Waals surface area contributed by atoms with Gasteiger partial charge in [-0.3, -0.25) is 4.79 Å². The van der Waals surface area contributed by atoms with Crippen LogP contribution < -0.4 is 10.6 Å². The molecule has 0 spiro atoms. The number of halogens is 2. The van der Waals surface area contributed by atoms with Crippen molar-refractivity contribution in [2.45, 2.75) is 82.9 Å². The Morgan fingerprint density at radius 3 is 2.38 bits per heavy atom. The number of amides is 1. The average Bonchev–Trinajstić information content (AvgIpc) is 2.82. The predicted octanol–water partition coefficient (Wildman–Crippen LogP) is 5.18. The minimum atomic E-state index is -1.01. The van der Waals surface area contributed by atoms with Gasteiger partial charge in [0.15, 0.2) is 0 Å². The average molecular weight is 510 g/mol. The molecule has 37 heavy (non-hydrogen) atoms. The van der Waals surface area contributed by atoms with E-state index < -0.39 is 29.3 Å². The molecule has 198 valence electrons. The number of hydrogen-bond acceptors (Lipinski definition) is 4. The molecule has 2 aromatic carbocycles. The van der Waals surface area contributed by atoms with Gasteiger partial charge in [0.1, 0.15) is 11.6 Å². The third-order valence-corrected chi connectivity index (χ3v) is 7.18. The zero-order valence-electron chi connectivity index (χ0n) is 22.1. The Morgan fingerprint density at radius 1 is 1.16 bits per heavy atom. The summed E-state index contributed by atoms with van der Waals surface area (Å²) >= 11 is 0. The van der Waals surface area contributed by atoms with Crippen molar-refractivity contribution in [3.8, 4) is 6.07 Å². The fourth-order valence-corrected chi connectivity index (χ4v) is 5.05. The summed E-state index contributed by atoms with van der Waals surface area (Å²) in [6.45, 7) is 8.01. The van der Waals surface area contributed by atoms with Gasteiger partial charge in [0, 0.05) is 31.1 Å². The molecule has 3 N–H and O–H groups in total. The second-order valence-electron chi connectivity index (χ2n) is 11.1. The first kappa shape index (κ1) is 28.5. The molecule has 1 aliphatic carbocycles. The number of carbonyl (C=O) groups excluding carboxylic acids is 1. The fourth-order valence-electron chi connectivity index (χ4n) is 5.05. The van der Waals surface area contributed by atoms with E-state index in [1.54, 1.807) is 6.08 Å². The first-order chi connectivity index (χ1) is 17.4. The summed E-state index contributed by atoms with van der Waals surface area (Å²) in [6, 6.07) is 13.1. The van der Waals surface area contributed by atoms with E-state index in [0.717, 1.165) is 42.9 Å². The molecule has 1 aliphatic rings. The zero-order chi connectivity index (χ0) is 27.2. The Labute approximate surface area is 218 Å². The van der Waals surface area contributed by atoms with Crippen molar-refractivity contribution in [1.29, 1.82) is 5.26 Å². The lowest BCUT2D eigenvalue weighted by Gasteiger charge is -2.41. The van der Waals surface area contributed by atoms with Crippen molar-refractivity contribution in [1.82, 2.24) is 10.6 Å². The summed E-state index contributed by atoms with van der Waals surface area (Å²) in [5.41, 5.74) is 3.32. The number of nitrogens with zero attached hydrogens (tertiary/aromatic N) is 1. The lowest BCUT2D eigenvalue weighted by Crippen LogP contribution is -2.53. The molecule has 1 saturated carbocycles. The highest BCUT2D eigenvalue weighted by molar-refractivity contribution is 5.73. The molecule has 1 fully saturated rings. The number of allylic oxidation sites excluding steroid dienone is 2. The largest absolute Gasteiger partial charge is 0.390 e. The number of nitriles is 1. The van der Waals surface area contributed by atoms with E-state index in [9.17, 15) is 18.7 Å². The van der Waals surface area contributed by atoms with Crippen LogP contribution in [0.25, 0.3) is 0 Å². The number of carbonyl (C=O) groups is 1. The fraction of sp³-hybridized carbons (Fsp3) is 0.467. The summed E-state index contributed by atoms with van der Waals surface area (Å²) in [5, 5.41) is 26.6. The van der Waals surface area contributed by atoms with E-state index in [0.29, 0.717) is 5.56 Å². The van der Waals surface area contributed by atoms with Gasteiger partial charge in [0.05, 0.1) is 18.2 Å². The highest BCUT2D eigenvalue weighted by Gasteiger charge is 2.36. The maximum absolute atomic E-state index is 13.7. The second kappa shape index (κ2) is 12.0. The van der Waals surface area contributed by atoms with E-state index in [1.165, 1.54) is 24.6 Å². The smallest absolute Gasteiger partial charge is 0.217 e. The van der Waals surface area contributed by atoms with Crippen LogP contribution in [0.1, 0.15) is 70.1 Å². The normalized spacial score (nSPS) is 19.6. The topological polar surface area (TPSA) is 85.2 Å². The molecule has 0 bridgehead atoms. The molecule has 0 aliphatic heterocycles. The molecule has 2 aromatic rings. The number of nitrogens with one attached hydrogen (secondary N) is 2. The maximum atomic E-state index is 13.7. The van der Waals surface area contributed by atoms with Gasteiger partial charge in [-0.15, -0.1) is 0 Å². The highest BCUT2D eigenvalue weighted by Crippen LogP contribution is 2.40. The van der Waals surface area contributed by atoms with Gasteiger partial charge >= 0.3 is 0 Å². The molecular formula is C30H37F2N3O2. The van der Waals surface area contributed by atoms with Crippen LogP contribution in [0.2, 0.25) is 0 Å². The molecule has 3 rings (SSSR count). The van der Waals surface area contributed by atoms with Crippen molar-refractivity contribution < 1.29 is 18.7 Å². The van der Waals surface area contributed by atoms with E-state index >= 15 is 0 Å². The van der Waals surface area contributed by atoms with Gasteiger partial charge < -0.3 is 15.7 Å². The van der Waals surface area contributed by atoms with Gasteiger partial charge in [-0.1, -0.05) is 50.6 Å². The molecule has 0 unspecified atom stereocenters. The van der Waals surface area contributed by atoms with E-state index in [1.807, 2.05) is 0 Å². The first-order valence-corrected chi connectivity index (χ1v) is 12.8. The van der Waals surface area contributed by atoms with Crippen LogP contribution in [0.3, 0.4) is 0 Å². The lowest BCUT2D eigenvalue weighted by atomic mass is 9.73.